The van der Waals surface area contributed by atoms with Gasteiger partial charge in [-0.1, -0.05) is 71.8 Å². The normalized spacial score (nSPS) is 13.7. The second kappa shape index (κ2) is 7.45. The smallest absolute Gasteiger partial charge is 0.0587 e. The number of hydrogen-bond acceptors (Lipinski definition) is 0. The molecule has 4 aromatic rings. The average Bonchev–Trinajstić information content (AvgIpc) is 3.02. The lowest BCUT2D eigenvalue weighted by Crippen LogP contribution is -2.31. The van der Waals surface area contributed by atoms with Crippen LogP contribution in [0.25, 0.3) is 11.1 Å². The van der Waals surface area contributed by atoms with E-state index in [-0.39, 0.29) is 5.41 Å². The number of benzene rings is 4. The van der Waals surface area contributed by atoms with Gasteiger partial charge in [-0.3, -0.25) is 0 Å². The molecule has 33 heavy (non-hydrogen) atoms. The third-order valence-electron chi connectivity index (χ3n) is 7.94. The first-order valence-corrected chi connectivity index (χ1v) is 12.0. The van der Waals surface area contributed by atoms with Gasteiger partial charge < -0.3 is 0 Å². The van der Waals surface area contributed by atoms with Crippen LogP contribution in [-0.2, 0) is 5.41 Å². The Morgan fingerprint density at radius 2 is 0.727 bits per heavy atom. The molecule has 166 valence electrons. The van der Waals surface area contributed by atoms with Crippen molar-refractivity contribution in [1.29, 1.82) is 0 Å². The Morgan fingerprint density at radius 1 is 0.364 bits per heavy atom. The number of rotatable bonds is 2. The van der Waals surface area contributed by atoms with Gasteiger partial charge in [-0.15, -0.1) is 0 Å². The highest BCUT2D eigenvalue weighted by Crippen LogP contribution is 2.58. The molecule has 0 atom stereocenters. The van der Waals surface area contributed by atoms with Crippen LogP contribution in [0, 0.1) is 55.4 Å². The van der Waals surface area contributed by atoms with E-state index in [2.05, 4.69) is 116 Å². The maximum Gasteiger partial charge on any atom is 0.0719 e. The molecular weight excluding hydrogens is 396 g/mol. The van der Waals surface area contributed by atoms with Gasteiger partial charge in [0.25, 0.3) is 0 Å². The van der Waals surface area contributed by atoms with E-state index in [0.717, 1.165) is 0 Å². The third-order valence-corrected chi connectivity index (χ3v) is 7.94. The van der Waals surface area contributed by atoms with Crippen molar-refractivity contribution in [3.8, 4) is 11.1 Å². The van der Waals surface area contributed by atoms with Crippen LogP contribution in [0.15, 0.2) is 60.7 Å². The molecule has 0 aliphatic heterocycles. The van der Waals surface area contributed by atoms with Gasteiger partial charge in [0.05, 0.1) is 5.41 Å². The second-order valence-electron chi connectivity index (χ2n) is 10.4. The van der Waals surface area contributed by atoms with Crippen LogP contribution in [-0.4, -0.2) is 0 Å². The molecule has 0 heteroatoms. The van der Waals surface area contributed by atoms with Gasteiger partial charge >= 0.3 is 0 Å². The fourth-order valence-electron chi connectivity index (χ4n) is 6.01. The minimum absolute atomic E-state index is 0.326. The van der Waals surface area contributed by atoms with E-state index in [0.29, 0.717) is 0 Å². The minimum atomic E-state index is -0.326. The van der Waals surface area contributed by atoms with E-state index >= 15 is 0 Å². The molecule has 0 saturated carbocycles. The van der Waals surface area contributed by atoms with Crippen molar-refractivity contribution in [2.45, 2.75) is 60.8 Å². The van der Waals surface area contributed by atoms with Gasteiger partial charge in [-0.2, -0.15) is 0 Å². The first-order valence-electron chi connectivity index (χ1n) is 12.0. The van der Waals surface area contributed by atoms with Gasteiger partial charge in [0.2, 0.25) is 0 Å². The summed E-state index contributed by atoms with van der Waals surface area (Å²) < 4.78 is 0. The number of hydrogen-bond donors (Lipinski definition) is 0. The van der Waals surface area contributed by atoms with Gasteiger partial charge in [0.15, 0.2) is 0 Å². The molecule has 0 radical (unpaired) electrons. The lowest BCUT2D eigenvalue weighted by molar-refractivity contribution is 0.748. The Kier molecular flexibility index (Phi) is 4.90. The summed E-state index contributed by atoms with van der Waals surface area (Å²) in [6, 6.07) is 23.8. The quantitative estimate of drug-likeness (QED) is 0.263. The molecule has 0 fully saturated rings. The fraction of sp³-hybridized carbons (Fsp3) is 0.273. The molecular formula is C33H34. The molecule has 0 amide bonds. The summed E-state index contributed by atoms with van der Waals surface area (Å²) >= 11 is 0. The van der Waals surface area contributed by atoms with Crippen molar-refractivity contribution >= 4 is 0 Å². The van der Waals surface area contributed by atoms with Crippen molar-refractivity contribution in [2.75, 3.05) is 0 Å². The van der Waals surface area contributed by atoms with E-state index in [9.17, 15) is 0 Å². The zero-order valence-corrected chi connectivity index (χ0v) is 21.3. The monoisotopic (exact) mass is 430 g/mol. The van der Waals surface area contributed by atoms with Crippen molar-refractivity contribution in [3.63, 3.8) is 0 Å². The highest BCUT2D eigenvalue weighted by Gasteiger charge is 2.47. The van der Waals surface area contributed by atoms with Crippen LogP contribution in [0.1, 0.15) is 66.8 Å². The van der Waals surface area contributed by atoms with Crippen molar-refractivity contribution < 1.29 is 0 Å². The van der Waals surface area contributed by atoms with Crippen LogP contribution < -0.4 is 0 Å². The third kappa shape index (κ3) is 3.04. The van der Waals surface area contributed by atoms with Crippen molar-refractivity contribution in [1.82, 2.24) is 0 Å². The first-order chi connectivity index (χ1) is 15.6. The molecule has 0 unspecified atom stereocenters. The van der Waals surface area contributed by atoms with Crippen LogP contribution in [0.3, 0.4) is 0 Å². The van der Waals surface area contributed by atoms with Gasteiger partial charge in [-0.05, 0) is 122 Å². The second-order valence-corrected chi connectivity index (χ2v) is 10.4. The summed E-state index contributed by atoms with van der Waals surface area (Å²) in [5.74, 6) is 0. The summed E-state index contributed by atoms with van der Waals surface area (Å²) in [6.45, 7) is 18.0. The molecule has 0 nitrogen and oxygen atoms in total. The molecule has 0 heterocycles. The molecule has 5 rings (SSSR count). The van der Waals surface area contributed by atoms with Crippen LogP contribution in [0.5, 0.6) is 0 Å². The molecule has 0 spiro atoms. The molecule has 0 bridgehead atoms. The van der Waals surface area contributed by atoms with E-state index in [1.807, 2.05) is 0 Å². The number of aryl methyl sites for hydroxylation is 8. The summed E-state index contributed by atoms with van der Waals surface area (Å²) in [7, 11) is 0. The highest BCUT2D eigenvalue weighted by molar-refractivity contribution is 5.87. The van der Waals surface area contributed by atoms with E-state index in [1.54, 1.807) is 0 Å². The Bertz CT molecular complexity index is 1320. The lowest BCUT2D eigenvalue weighted by atomic mass is 9.64. The zero-order valence-electron chi connectivity index (χ0n) is 21.3. The average molecular weight is 431 g/mol. The molecule has 1 aliphatic carbocycles. The molecule has 1 aliphatic rings. The van der Waals surface area contributed by atoms with Gasteiger partial charge in [0, 0.05) is 0 Å². The van der Waals surface area contributed by atoms with Crippen LogP contribution in [0.2, 0.25) is 0 Å². The lowest BCUT2D eigenvalue weighted by Gasteiger charge is -2.37. The first kappa shape index (κ1) is 21.7. The molecule has 4 aromatic carbocycles. The van der Waals surface area contributed by atoms with E-state index < -0.39 is 0 Å². The Labute approximate surface area is 199 Å². The molecule has 0 N–H and O–H groups in total. The Hall–Kier alpha value is -3.12. The van der Waals surface area contributed by atoms with Crippen molar-refractivity contribution in [2.24, 2.45) is 0 Å². The molecule has 0 aromatic heterocycles. The van der Waals surface area contributed by atoms with E-state index in [1.165, 1.54) is 77.9 Å². The standard InChI is InChI=1S/C33H34/c1-19-9-11-27-28-12-10-20(2)14-32(28)33(31(27)13-19,29-17-23(5)21(3)15-25(29)7)30-18-24(6)22(4)16-26(30)8/h9-18H,1-8H3. The SMILES string of the molecule is Cc1ccc2c(c1)C(c1cc(C)c(C)cc1C)(c1cc(C)c(C)cc1C)c1cc(C)ccc1-2. The topological polar surface area (TPSA) is 0 Å². The molecule has 0 saturated heterocycles. The van der Waals surface area contributed by atoms with E-state index in [4.69, 9.17) is 0 Å². The van der Waals surface area contributed by atoms with Crippen LogP contribution >= 0.6 is 0 Å². The summed E-state index contributed by atoms with van der Waals surface area (Å²) in [4.78, 5) is 0. The maximum atomic E-state index is 2.46. The Morgan fingerprint density at radius 3 is 1.12 bits per heavy atom. The predicted octanol–water partition coefficient (Wildman–Crippen LogP) is 8.52. The summed E-state index contributed by atoms with van der Waals surface area (Å²) in [6.07, 6.45) is 0. The van der Waals surface area contributed by atoms with Gasteiger partial charge in [-0.25, -0.2) is 0 Å². The fourth-order valence-corrected chi connectivity index (χ4v) is 6.01. The zero-order chi connectivity index (χ0) is 23.7. The number of fused-ring (bicyclic) bond motifs is 3. The van der Waals surface area contributed by atoms with Gasteiger partial charge in [0.1, 0.15) is 0 Å². The summed E-state index contributed by atoms with van der Waals surface area (Å²) in [5.41, 5.74) is 18.8. The van der Waals surface area contributed by atoms with Crippen molar-refractivity contribution in [3.05, 3.63) is 127 Å². The maximum absolute atomic E-state index is 2.46. The predicted molar refractivity (Wildman–Crippen MR) is 142 cm³/mol. The summed E-state index contributed by atoms with van der Waals surface area (Å²) in [5, 5.41) is 0. The largest absolute Gasteiger partial charge is 0.0719 e. The highest BCUT2D eigenvalue weighted by atomic mass is 14.5. The minimum Gasteiger partial charge on any atom is -0.0587 e. The Balaban J connectivity index is 2.06. The van der Waals surface area contributed by atoms with Crippen LogP contribution in [0.4, 0.5) is 0 Å².